The van der Waals surface area contributed by atoms with Crippen molar-refractivity contribution in [3.05, 3.63) is 17.5 Å². The first-order valence-corrected chi connectivity index (χ1v) is 9.28. The fraction of sp³-hybridized carbons (Fsp3) is 0.500. The lowest BCUT2D eigenvalue weighted by Gasteiger charge is -2.05. The molecule has 0 atom stereocenters. The Morgan fingerprint density at radius 3 is 2.47 bits per heavy atom. The van der Waals surface area contributed by atoms with Crippen molar-refractivity contribution in [2.24, 2.45) is 0 Å². The van der Waals surface area contributed by atoms with Crippen LogP contribution in [-0.4, -0.2) is 28.5 Å². The first-order valence-electron chi connectivity index (χ1n) is 4.73. The highest BCUT2D eigenvalue weighted by molar-refractivity contribution is 8.05. The summed E-state index contributed by atoms with van der Waals surface area (Å²) >= 11 is 6.38. The summed E-state index contributed by atoms with van der Waals surface area (Å²) in [6, 6.07) is 2.89. The minimum atomic E-state index is -3.96. The van der Waals surface area contributed by atoms with Crippen LogP contribution in [0.15, 0.2) is 21.7 Å². The summed E-state index contributed by atoms with van der Waals surface area (Å²) in [5, 5.41) is 1.56. The normalized spacial score (nSPS) is 12.8. The SMILES string of the molecule is O=S(=O)(CCCCCl)NS(=O)(=O)c1cccs1. The molecule has 0 aliphatic heterocycles. The van der Waals surface area contributed by atoms with Crippen molar-refractivity contribution in [3.63, 3.8) is 0 Å². The molecule has 0 aliphatic carbocycles. The van der Waals surface area contributed by atoms with Gasteiger partial charge < -0.3 is 0 Å². The van der Waals surface area contributed by atoms with E-state index < -0.39 is 20.0 Å². The van der Waals surface area contributed by atoms with Crippen molar-refractivity contribution in [1.82, 2.24) is 4.13 Å². The lowest BCUT2D eigenvalue weighted by Crippen LogP contribution is -2.32. The van der Waals surface area contributed by atoms with E-state index in [0.717, 1.165) is 11.3 Å². The van der Waals surface area contributed by atoms with Crippen LogP contribution >= 0.6 is 22.9 Å². The van der Waals surface area contributed by atoms with Crippen LogP contribution in [0.2, 0.25) is 0 Å². The maximum absolute atomic E-state index is 11.6. The second kappa shape index (κ2) is 6.14. The Hall–Kier alpha value is -0.150. The minimum absolute atomic E-state index is 0.0154. The van der Waals surface area contributed by atoms with Crippen LogP contribution in [0.25, 0.3) is 0 Å². The molecular formula is C8H12ClNO4S3. The Labute approximate surface area is 110 Å². The molecule has 1 heterocycles. The molecule has 0 fully saturated rings. The smallest absolute Gasteiger partial charge is 0.211 e. The quantitative estimate of drug-likeness (QED) is 0.608. The van der Waals surface area contributed by atoms with Crippen LogP contribution in [0.5, 0.6) is 0 Å². The molecule has 98 valence electrons. The highest BCUT2D eigenvalue weighted by Gasteiger charge is 2.22. The highest BCUT2D eigenvalue weighted by Crippen LogP contribution is 2.16. The number of thiophene rings is 1. The summed E-state index contributed by atoms with van der Waals surface area (Å²) in [4.78, 5) is 0. The molecule has 1 rings (SSSR count). The molecule has 1 aromatic heterocycles. The van der Waals surface area contributed by atoms with E-state index >= 15 is 0 Å². The van der Waals surface area contributed by atoms with E-state index in [1.807, 2.05) is 0 Å². The number of hydrogen-bond donors (Lipinski definition) is 1. The average molecular weight is 318 g/mol. The number of rotatable bonds is 7. The Kier molecular flexibility index (Phi) is 5.39. The lowest BCUT2D eigenvalue weighted by molar-refractivity contribution is 0.576. The number of unbranched alkanes of at least 4 members (excludes halogenated alkanes) is 1. The van der Waals surface area contributed by atoms with Gasteiger partial charge >= 0.3 is 0 Å². The molecule has 0 aromatic carbocycles. The van der Waals surface area contributed by atoms with E-state index in [1.165, 1.54) is 6.07 Å². The lowest BCUT2D eigenvalue weighted by atomic mass is 10.4. The Morgan fingerprint density at radius 2 is 1.94 bits per heavy atom. The zero-order valence-electron chi connectivity index (χ0n) is 8.80. The van der Waals surface area contributed by atoms with Gasteiger partial charge in [0.1, 0.15) is 4.21 Å². The predicted octanol–water partition coefficient (Wildman–Crippen LogP) is 1.38. The van der Waals surface area contributed by atoms with Gasteiger partial charge in [-0.1, -0.05) is 6.07 Å². The molecule has 0 aliphatic rings. The zero-order chi connectivity index (χ0) is 12.9. The van der Waals surface area contributed by atoms with Gasteiger partial charge in [-0.3, -0.25) is 0 Å². The van der Waals surface area contributed by atoms with Crippen LogP contribution in [0.1, 0.15) is 12.8 Å². The van der Waals surface area contributed by atoms with E-state index in [0.29, 0.717) is 18.7 Å². The second-order valence-corrected chi connectivity index (χ2v) is 8.57. The standard InChI is InChI=1S/C8H12ClNO4S3/c9-5-1-2-7-16(11,12)10-17(13,14)8-4-3-6-15-8/h3-4,6,10H,1-2,5,7H2. The van der Waals surface area contributed by atoms with Gasteiger partial charge in [-0.2, -0.15) is 0 Å². The first kappa shape index (κ1) is 14.9. The van der Waals surface area contributed by atoms with E-state index in [-0.39, 0.29) is 9.96 Å². The molecule has 9 heteroatoms. The third kappa shape index (κ3) is 4.92. The summed E-state index contributed by atoms with van der Waals surface area (Å²) in [6.07, 6.45) is 0.861. The van der Waals surface area contributed by atoms with Gasteiger partial charge in [0, 0.05) is 5.88 Å². The number of sulfonamides is 2. The van der Waals surface area contributed by atoms with Gasteiger partial charge in [-0.15, -0.1) is 27.1 Å². The first-order chi connectivity index (χ1) is 7.87. The molecular weight excluding hydrogens is 306 g/mol. The molecule has 0 radical (unpaired) electrons. The van der Waals surface area contributed by atoms with Gasteiger partial charge in [0.2, 0.25) is 10.0 Å². The number of hydrogen-bond acceptors (Lipinski definition) is 5. The fourth-order valence-corrected chi connectivity index (χ4v) is 5.51. The molecule has 0 saturated carbocycles. The zero-order valence-corrected chi connectivity index (χ0v) is 12.0. The van der Waals surface area contributed by atoms with Crippen LogP contribution in [0.3, 0.4) is 0 Å². The van der Waals surface area contributed by atoms with Crippen molar-refractivity contribution in [3.8, 4) is 0 Å². The fourth-order valence-electron chi connectivity index (χ4n) is 1.05. The van der Waals surface area contributed by atoms with E-state index in [4.69, 9.17) is 11.6 Å². The molecule has 17 heavy (non-hydrogen) atoms. The van der Waals surface area contributed by atoms with Gasteiger partial charge in [0.15, 0.2) is 0 Å². The average Bonchev–Trinajstić information content (AvgIpc) is 2.69. The van der Waals surface area contributed by atoms with Crippen LogP contribution < -0.4 is 4.13 Å². The Morgan fingerprint density at radius 1 is 1.24 bits per heavy atom. The molecule has 0 unspecified atom stereocenters. The molecule has 0 saturated heterocycles. The second-order valence-electron chi connectivity index (χ2n) is 3.23. The summed E-state index contributed by atoms with van der Waals surface area (Å²) in [6.45, 7) is 0. The molecule has 0 amide bonds. The van der Waals surface area contributed by atoms with Crippen LogP contribution in [0, 0.1) is 0 Å². The number of nitrogens with one attached hydrogen (secondary N) is 1. The molecule has 5 nitrogen and oxygen atoms in total. The van der Waals surface area contributed by atoms with E-state index in [9.17, 15) is 16.8 Å². The number of alkyl halides is 1. The highest BCUT2D eigenvalue weighted by atomic mass is 35.5. The van der Waals surface area contributed by atoms with Crippen LogP contribution in [0.4, 0.5) is 0 Å². The predicted molar refractivity (Wildman–Crippen MR) is 68.4 cm³/mol. The number of halogens is 1. The van der Waals surface area contributed by atoms with Crippen molar-refractivity contribution in [2.75, 3.05) is 11.6 Å². The van der Waals surface area contributed by atoms with Gasteiger partial charge in [0.05, 0.1) is 5.75 Å². The summed E-state index contributed by atoms with van der Waals surface area (Å²) in [5.41, 5.74) is 0. The van der Waals surface area contributed by atoms with E-state index in [2.05, 4.69) is 0 Å². The molecule has 0 spiro atoms. The maximum Gasteiger partial charge on any atom is 0.263 e. The Balaban J connectivity index is 2.71. The third-order valence-electron chi connectivity index (χ3n) is 1.79. The molecule has 1 N–H and O–H groups in total. The molecule has 0 bridgehead atoms. The minimum Gasteiger partial charge on any atom is -0.211 e. The topological polar surface area (TPSA) is 80.3 Å². The van der Waals surface area contributed by atoms with Gasteiger partial charge in [-0.25, -0.2) is 16.8 Å². The van der Waals surface area contributed by atoms with Crippen LogP contribution in [-0.2, 0) is 20.0 Å². The summed E-state index contributed by atoms with van der Waals surface area (Å²) in [5.74, 6) is 0.109. The Bertz CT molecular complexity index is 535. The third-order valence-corrected chi connectivity index (χ3v) is 7.05. The maximum atomic E-state index is 11.6. The van der Waals surface area contributed by atoms with Crippen molar-refractivity contribution >= 4 is 43.0 Å². The van der Waals surface area contributed by atoms with Crippen molar-refractivity contribution in [2.45, 2.75) is 17.1 Å². The monoisotopic (exact) mass is 317 g/mol. The van der Waals surface area contributed by atoms with E-state index in [1.54, 1.807) is 15.6 Å². The summed E-state index contributed by atoms with van der Waals surface area (Å²) < 4.78 is 47.9. The van der Waals surface area contributed by atoms with Gasteiger partial charge in [-0.05, 0) is 24.3 Å². The summed E-state index contributed by atoms with van der Waals surface area (Å²) in [7, 11) is -7.79. The largest absolute Gasteiger partial charge is 0.263 e. The van der Waals surface area contributed by atoms with Gasteiger partial charge in [0.25, 0.3) is 10.0 Å². The van der Waals surface area contributed by atoms with Crippen molar-refractivity contribution < 1.29 is 16.8 Å². The molecule has 1 aromatic rings. The van der Waals surface area contributed by atoms with Crippen molar-refractivity contribution in [1.29, 1.82) is 0 Å².